The van der Waals surface area contributed by atoms with Crippen molar-refractivity contribution in [3.8, 4) is 5.69 Å². The average molecular weight is 341 g/mol. The van der Waals surface area contributed by atoms with Crippen LogP contribution in [0.2, 0.25) is 0 Å². The van der Waals surface area contributed by atoms with E-state index in [4.69, 9.17) is 0 Å². The molecule has 0 saturated heterocycles. The molecule has 2 heterocycles. The summed E-state index contributed by atoms with van der Waals surface area (Å²) in [4.78, 5) is 27.0. The van der Waals surface area contributed by atoms with Crippen molar-refractivity contribution in [2.75, 3.05) is 5.32 Å². The molecule has 0 aliphatic carbocycles. The molecular formula is C18H19N3O2S. The van der Waals surface area contributed by atoms with Crippen molar-refractivity contribution in [2.45, 2.75) is 20.8 Å². The lowest BCUT2D eigenvalue weighted by Crippen LogP contribution is -2.22. The summed E-state index contributed by atoms with van der Waals surface area (Å²) < 4.78 is 3.30. The Morgan fingerprint density at radius 3 is 2.38 bits per heavy atom. The van der Waals surface area contributed by atoms with Crippen LogP contribution in [0.25, 0.3) is 5.69 Å². The minimum Gasteiger partial charge on any atom is -0.315 e. The summed E-state index contributed by atoms with van der Waals surface area (Å²) in [7, 11) is 1.80. The summed E-state index contributed by atoms with van der Waals surface area (Å²) in [6.45, 7) is 5.77. The lowest BCUT2D eigenvalue weighted by Gasteiger charge is -2.07. The molecule has 0 atom stereocenters. The number of nitrogens with zero attached hydrogens (tertiary/aromatic N) is 2. The van der Waals surface area contributed by atoms with Crippen LogP contribution in [-0.4, -0.2) is 15.3 Å². The fourth-order valence-electron chi connectivity index (χ4n) is 2.57. The maximum Gasteiger partial charge on any atom is 0.295 e. The molecular weight excluding hydrogens is 322 g/mol. The average Bonchev–Trinajstić information content (AvgIpc) is 3.01. The van der Waals surface area contributed by atoms with Crippen LogP contribution in [0.5, 0.6) is 0 Å². The minimum absolute atomic E-state index is 0.237. The highest BCUT2D eigenvalue weighted by Crippen LogP contribution is 2.22. The smallest absolute Gasteiger partial charge is 0.295 e. The zero-order chi connectivity index (χ0) is 17.4. The first-order valence-electron chi connectivity index (χ1n) is 7.62. The summed E-state index contributed by atoms with van der Waals surface area (Å²) in [6.07, 6.45) is 0. The van der Waals surface area contributed by atoms with Crippen LogP contribution in [-0.2, 0) is 7.05 Å². The van der Waals surface area contributed by atoms with Gasteiger partial charge in [-0.1, -0.05) is 18.2 Å². The van der Waals surface area contributed by atoms with Gasteiger partial charge in [-0.2, -0.15) is 0 Å². The van der Waals surface area contributed by atoms with E-state index in [0.29, 0.717) is 16.3 Å². The molecule has 124 valence electrons. The van der Waals surface area contributed by atoms with Gasteiger partial charge in [0.25, 0.3) is 11.5 Å². The molecule has 2 aromatic heterocycles. The van der Waals surface area contributed by atoms with Crippen LogP contribution in [0.1, 0.15) is 25.8 Å². The topological polar surface area (TPSA) is 56.0 Å². The van der Waals surface area contributed by atoms with Gasteiger partial charge < -0.3 is 5.32 Å². The van der Waals surface area contributed by atoms with E-state index >= 15 is 0 Å². The number of anilines is 1. The standard InChI is InChI=1S/C18H19N3O2S/c1-11-10-15(24-13(11)3)17(22)19-16-12(2)20(4)21(18(16)23)14-8-6-5-7-9-14/h5-10H,1-4H3,(H,19,22). The predicted octanol–water partition coefficient (Wildman–Crippen LogP) is 3.42. The Kier molecular flexibility index (Phi) is 4.15. The van der Waals surface area contributed by atoms with E-state index < -0.39 is 0 Å². The van der Waals surface area contributed by atoms with Crippen LogP contribution in [0, 0.1) is 20.8 Å². The molecule has 0 spiro atoms. The monoisotopic (exact) mass is 341 g/mol. The number of aromatic nitrogens is 2. The van der Waals surface area contributed by atoms with Crippen molar-refractivity contribution in [3.05, 3.63) is 67.8 Å². The number of thiophene rings is 1. The first-order chi connectivity index (χ1) is 11.4. The van der Waals surface area contributed by atoms with Gasteiger partial charge in [-0.15, -0.1) is 11.3 Å². The molecule has 0 radical (unpaired) electrons. The number of carbonyl (C=O) groups is 1. The first kappa shape index (κ1) is 16.3. The summed E-state index contributed by atoms with van der Waals surface area (Å²) in [5, 5.41) is 2.78. The summed E-state index contributed by atoms with van der Waals surface area (Å²) in [5.74, 6) is -0.248. The van der Waals surface area contributed by atoms with Gasteiger partial charge in [0.15, 0.2) is 0 Å². The highest BCUT2D eigenvalue weighted by Gasteiger charge is 2.19. The van der Waals surface area contributed by atoms with E-state index in [1.807, 2.05) is 57.2 Å². The Morgan fingerprint density at radius 2 is 1.79 bits per heavy atom. The molecule has 3 aromatic rings. The molecule has 3 rings (SSSR count). The summed E-state index contributed by atoms with van der Waals surface area (Å²) >= 11 is 1.43. The van der Waals surface area contributed by atoms with E-state index in [2.05, 4.69) is 5.32 Å². The van der Waals surface area contributed by atoms with Gasteiger partial charge in [0, 0.05) is 11.9 Å². The summed E-state index contributed by atoms with van der Waals surface area (Å²) in [6, 6.07) is 11.2. The van der Waals surface area contributed by atoms with Crippen LogP contribution >= 0.6 is 11.3 Å². The van der Waals surface area contributed by atoms with Crippen LogP contribution in [0.15, 0.2) is 41.2 Å². The van der Waals surface area contributed by atoms with E-state index in [-0.39, 0.29) is 11.5 Å². The van der Waals surface area contributed by atoms with Crippen molar-refractivity contribution in [1.29, 1.82) is 0 Å². The zero-order valence-corrected chi connectivity index (χ0v) is 14.9. The number of hydrogen-bond donors (Lipinski definition) is 1. The van der Waals surface area contributed by atoms with Gasteiger partial charge in [-0.25, -0.2) is 4.68 Å². The van der Waals surface area contributed by atoms with Gasteiger partial charge in [0.05, 0.1) is 16.3 Å². The molecule has 0 aliphatic heterocycles. The molecule has 1 aromatic carbocycles. The number of benzene rings is 1. The maximum atomic E-state index is 12.8. The zero-order valence-electron chi connectivity index (χ0n) is 14.1. The quantitative estimate of drug-likeness (QED) is 0.794. The molecule has 5 nitrogen and oxygen atoms in total. The van der Waals surface area contributed by atoms with Gasteiger partial charge in [0.2, 0.25) is 0 Å². The van der Waals surface area contributed by atoms with Crippen molar-refractivity contribution in [3.63, 3.8) is 0 Å². The van der Waals surface area contributed by atoms with Crippen molar-refractivity contribution in [1.82, 2.24) is 9.36 Å². The number of rotatable bonds is 3. The van der Waals surface area contributed by atoms with Crippen molar-refractivity contribution >= 4 is 22.9 Å². The second-order valence-corrected chi connectivity index (χ2v) is 7.00. The number of hydrogen-bond acceptors (Lipinski definition) is 3. The van der Waals surface area contributed by atoms with E-state index in [1.165, 1.54) is 11.3 Å². The Balaban J connectivity index is 2.01. The molecule has 0 aliphatic rings. The van der Waals surface area contributed by atoms with E-state index in [1.54, 1.807) is 16.4 Å². The van der Waals surface area contributed by atoms with Gasteiger partial charge in [-0.05, 0) is 44.5 Å². The molecule has 6 heteroatoms. The van der Waals surface area contributed by atoms with Crippen LogP contribution in [0.3, 0.4) is 0 Å². The lowest BCUT2D eigenvalue weighted by atomic mass is 10.3. The third-order valence-electron chi connectivity index (χ3n) is 4.18. The Hall–Kier alpha value is -2.60. The van der Waals surface area contributed by atoms with Gasteiger partial charge >= 0.3 is 0 Å². The maximum absolute atomic E-state index is 12.8. The molecule has 0 bridgehead atoms. The first-order valence-corrected chi connectivity index (χ1v) is 8.44. The lowest BCUT2D eigenvalue weighted by molar-refractivity contribution is 0.103. The largest absolute Gasteiger partial charge is 0.315 e. The molecule has 0 saturated carbocycles. The molecule has 1 N–H and O–H groups in total. The van der Waals surface area contributed by atoms with E-state index in [0.717, 1.165) is 16.1 Å². The number of aryl methyl sites for hydroxylation is 2. The third kappa shape index (κ3) is 2.69. The molecule has 0 fully saturated rings. The van der Waals surface area contributed by atoms with Gasteiger partial charge in [0.1, 0.15) is 5.69 Å². The SMILES string of the molecule is Cc1cc(C(=O)Nc2c(C)n(C)n(-c3ccccc3)c2=O)sc1C. The third-order valence-corrected chi connectivity index (χ3v) is 5.33. The number of carbonyl (C=O) groups excluding carboxylic acids is 1. The highest BCUT2D eigenvalue weighted by atomic mass is 32.1. The van der Waals surface area contributed by atoms with Crippen molar-refractivity contribution in [2.24, 2.45) is 7.05 Å². The van der Waals surface area contributed by atoms with Crippen molar-refractivity contribution < 1.29 is 4.79 Å². The van der Waals surface area contributed by atoms with Gasteiger partial charge in [-0.3, -0.25) is 14.3 Å². The van der Waals surface area contributed by atoms with Crippen LogP contribution in [0.4, 0.5) is 5.69 Å². The minimum atomic E-state index is -0.248. The number of nitrogens with one attached hydrogen (secondary N) is 1. The Labute approximate surface area is 144 Å². The second kappa shape index (κ2) is 6.13. The summed E-state index contributed by atoms with van der Waals surface area (Å²) in [5.41, 5.74) is 2.63. The fourth-order valence-corrected chi connectivity index (χ4v) is 3.50. The fraction of sp³-hybridized carbons (Fsp3) is 0.222. The normalized spacial score (nSPS) is 10.8. The van der Waals surface area contributed by atoms with E-state index in [9.17, 15) is 9.59 Å². The molecule has 0 unspecified atom stereocenters. The molecule has 24 heavy (non-hydrogen) atoms. The Bertz CT molecular complexity index is 945. The highest BCUT2D eigenvalue weighted by molar-refractivity contribution is 7.14. The van der Waals surface area contributed by atoms with Crippen LogP contribution < -0.4 is 10.9 Å². The second-order valence-electron chi connectivity index (χ2n) is 5.74. The molecule has 1 amide bonds. The predicted molar refractivity (Wildman–Crippen MR) is 97.5 cm³/mol. The number of para-hydroxylation sites is 1. The Morgan fingerprint density at radius 1 is 1.12 bits per heavy atom. The number of amides is 1.